The average Bonchev–Trinajstić information content (AvgIpc) is 2.91. The fourth-order valence-corrected chi connectivity index (χ4v) is 2.48. The molecule has 6 nitrogen and oxygen atoms in total. The van der Waals surface area contributed by atoms with Crippen LogP contribution in [-0.2, 0) is 17.9 Å². The minimum Gasteiger partial charge on any atom is -0.494 e. The first kappa shape index (κ1) is 19.0. The standard InChI is InChI=1S/C19H27N3O3/c1-5-10-24-17-8-6-16(7-9-17)11-20-19(23)13-22(4)12-18-14(2)21-25-15(18)3/h6-9H,5,10-13H2,1-4H3,(H,20,23). The van der Waals surface area contributed by atoms with Gasteiger partial charge in [-0.1, -0.05) is 24.2 Å². The van der Waals surface area contributed by atoms with E-state index in [4.69, 9.17) is 9.26 Å². The molecule has 6 heteroatoms. The van der Waals surface area contributed by atoms with E-state index in [1.54, 1.807) is 0 Å². The van der Waals surface area contributed by atoms with Gasteiger partial charge in [-0.3, -0.25) is 9.69 Å². The predicted octanol–water partition coefficient (Wildman–Crippen LogP) is 2.83. The number of ether oxygens (including phenoxy) is 1. The summed E-state index contributed by atoms with van der Waals surface area (Å²) in [5.41, 5.74) is 2.96. The summed E-state index contributed by atoms with van der Waals surface area (Å²) in [5, 5.41) is 6.88. The smallest absolute Gasteiger partial charge is 0.234 e. The van der Waals surface area contributed by atoms with Gasteiger partial charge in [0.05, 0.1) is 18.8 Å². The number of rotatable bonds is 9. The van der Waals surface area contributed by atoms with Crippen molar-refractivity contribution < 1.29 is 14.1 Å². The number of carbonyl (C=O) groups is 1. The molecule has 2 rings (SSSR count). The van der Waals surface area contributed by atoms with Crippen LogP contribution >= 0.6 is 0 Å². The summed E-state index contributed by atoms with van der Waals surface area (Å²) in [6.07, 6.45) is 0.985. The first-order chi connectivity index (χ1) is 12.0. The van der Waals surface area contributed by atoms with E-state index in [1.165, 1.54) is 0 Å². The molecular weight excluding hydrogens is 318 g/mol. The fraction of sp³-hybridized carbons (Fsp3) is 0.474. The minimum atomic E-state index is -0.0134. The van der Waals surface area contributed by atoms with Crippen molar-refractivity contribution in [1.29, 1.82) is 0 Å². The van der Waals surface area contributed by atoms with Crippen LogP contribution in [0.5, 0.6) is 5.75 Å². The van der Waals surface area contributed by atoms with Crippen LogP contribution in [0.2, 0.25) is 0 Å². The van der Waals surface area contributed by atoms with Crippen molar-refractivity contribution >= 4 is 5.91 Å². The summed E-state index contributed by atoms with van der Waals surface area (Å²) in [6, 6.07) is 7.80. The van der Waals surface area contributed by atoms with Crippen molar-refractivity contribution in [1.82, 2.24) is 15.4 Å². The number of nitrogens with one attached hydrogen (secondary N) is 1. The molecule has 1 N–H and O–H groups in total. The summed E-state index contributed by atoms with van der Waals surface area (Å²) in [7, 11) is 1.91. The third-order valence-electron chi connectivity index (χ3n) is 3.91. The lowest BCUT2D eigenvalue weighted by Gasteiger charge is -2.16. The Morgan fingerprint density at radius 3 is 2.60 bits per heavy atom. The zero-order valence-electron chi connectivity index (χ0n) is 15.5. The number of nitrogens with zero attached hydrogens (tertiary/aromatic N) is 2. The molecule has 0 aliphatic rings. The van der Waals surface area contributed by atoms with Gasteiger partial charge in [0.15, 0.2) is 0 Å². The lowest BCUT2D eigenvalue weighted by atomic mass is 10.2. The molecule has 136 valence electrons. The molecule has 0 aliphatic carbocycles. The molecule has 0 saturated carbocycles. The molecule has 25 heavy (non-hydrogen) atoms. The molecule has 1 amide bonds. The summed E-state index contributed by atoms with van der Waals surface area (Å²) >= 11 is 0. The van der Waals surface area contributed by atoms with Gasteiger partial charge in [-0.05, 0) is 45.0 Å². The third kappa shape index (κ3) is 5.90. The number of amides is 1. The van der Waals surface area contributed by atoms with Crippen molar-refractivity contribution in [3.05, 3.63) is 46.8 Å². The second-order valence-corrected chi connectivity index (χ2v) is 6.24. The molecule has 1 heterocycles. The molecule has 0 atom stereocenters. The van der Waals surface area contributed by atoms with E-state index in [2.05, 4.69) is 17.4 Å². The highest BCUT2D eigenvalue weighted by molar-refractivity contribution is 5.77. The molecule has 0 saturated heterocycles. The van der Waals surface area contributed by atoms with Crippen molar-refractivity contribution in [3.8, 4) is 5.75 Å². The van der Waals surface area contributed by atoms with Gasteiger partial charge < -0.3 is 14.6 Å². The zero-order valence-corrected chi connectivity index (χ0v) is 15.5. The Bertz CT molecular complexity index is 660. The molecule has 0 radical (unpaired) electrons. The summed E-state index contributed by atoms with van der Waals surface area (Å²) in [5.74, 6) is 1.65. The van der Waals surface area contributed by atoms with Crippen LogP contribution in [-0.4, -0.2) is 36.2 Å². The Morgan fingerprint density at radius 1 is 1.28 bits per heavy atom. The topological polar surface area (TPSA) is 67.6 Å². The fourth-order valence-electron chi connectivity index (χ4n) is 2.48. The number of benzene rings is 1. The van der Waals surface area contributed by atoms with Crippen molar-refractivity contribution in [2.24, 2.45) is 0 Å². The normalized spacial score (nSPS) is 10.9. The molecule has 0 bridgehead atoms. The molecule has 1 aromatic carbocycles. The van der Waals surface area contributed by atoms with Gasteiger partial charge in [-0.15, -0.1) is 0 Å². The van der Waals surface area contributed by atoms with Crippen molar-refractivity contribution in [2.75, 3.05) is 20.2 Å². The van der Waals surface area contributed by atoms with Crippen molar-refractivity contribution in [2.45, 2.75) is 40.3 Å². The predicted molar refractivity (Wildman–Crippen MR) is 96.4 cm³/mol. The lowest BCUT2D eigenvalue weighted by Crippen LogP contribution is -2.34. The van der Waals surface area contributed by atoms with Gasteiger partial charge in [-0.2, -0.15) is 0 Å². The highest BCUT2D eigenvalue weighted by Crippen LogP contribution is 2.14. The van der Waals surface area contributed by atoms with Gasteiger partial charge in [0.25, 0.3) is 0 Å². The Balaban J connectivity index is 1.76. The Kier molecular flexibility index (Phi) is 7.01. The molecule has 1 aromatic heterocycles. The van der Waals surface area contributed by atoms with Gasteiger partial charge in [-0.25, -0.2) is 0 Å². The van der Waals surface area contributed by atoms with E-state index in [0.717, 1.165) is 34.8 Å². The van der Waals surface area contributed by atoms with Crippen molar-refractivity contribution in [3.63, 3.8) is 0 Å². The van der Waals surface area contributed by atoms with E-state index in [-0.39, 0.29) is 5.91 Å². The van der Waals surface area contributed by atoms with Crippen LogP contribution < -0.4 is 10.1 Å². The summed E-state index contributed by atoms with van der Waals surface area (Å²) in [4.78, 5) is 14.1. The quantitative estimate of drug-likeness (QED) is 0.757. The van der Waals surface area contributed by atoms with Crippen LogP contribution in [0.15, 0.2) is 28.8 Å². The average molecular weight is 345 g/mol. The lowest BCUT2D eigenvalue weighted by molar-refractivity contribution is -0.122. The number of aromatic nitrogens is 1. The number of likely N-dealkylation sites (N-methyl/N-ethyl adjacent to an activating group) is 1. The first-order valence-corrected chi connectivity index (χ1v) is 8.58. The number of hydrogen-bond donors (Lipinski definition) is 1. The van der Waals surface area contributed by atoms with Crippen LogP contribution in [0.25, 0.3) is 0 Å². The summed E-state index contributed by atoms with van der Waals surface area (Å²) < 4.78 is 10.7. The molecule has 0 spiro atoms. The largest absolute Gasteiger partial charge is 0.494 e. The van der Waals surface area contributed by atoms with Crippen LogP contribution in [0.4, 0.5) is 0 Å². The van der Waals surface area contributed by atoms with Gasteiger partial charge in [0.2, 0.25) is 5.91 Å². The maximum atomic E-state index is 12.1. The van der Waals surface area contributed by atoms with Crippen LogP contribution in [0.3, 0.4) is 0 Å². The highest BCUT2D eigenvalue weighted by Gasteiger charge is 2.13. The van der Waals surface area contributed by atoms with Crippen LogP contribution in [0, 0.1) is 13.8 Å². The maximum Gasteiger partial charge on any atom is 0.234 e. The number of carbonyl (C=O) groups excluding carboxylic acids is 1. The Labute approximate surface area is 149 Å². The van der Waals surface area contributed by atoms with E-state index in [9.17, 15) is 4.79 Å². The van der Waals surface area contributed by atoms with Crippen LogP contribution in [0.1, 0.15) is 35.9 Å². The van der Waals surface area contributed by atoms with Gasteiger partial charge >= 0.3 is 0 Å². The molecular formula is C19H27N3O3. The highest BCUT2D eigenvalue weighted by atomic mass is 16.5. The number of aryl methyl sites for hydroxylation is 2. The molecule has 0 fully saturated rings. The molecule has 0 unspecified atom stereocenters. The SMILES string of the molecule is CCCOc1ccc(CNC(=O)CN(C)Cc2c(C)noc2C)cc1. The number of hydrogen-bond acceptors (Lipinski definition) is 5. The maximum absolute atomic E-state index is 12.1. The summed E-state index contributed by atoms with van der Waals surface area (Å²) in [6.45, 7) is 8.05. The van der Waals surface area contributed by atoms with E-state index in [1.807, 2.05) is 50.1 Å². The van der Waals surface area contributed by atoms with E-state index < -0.39 is 0 Å². The third-order valence-corrected chi connectivity index (χ3v) is 3.91. The second-order valence-electron chi connectivity index (χ2n) is 6.24. The minimum absolute atomic E-state index is 0.0134. The zero-order chi connectivity index (χ0) is 18.2. The van der Waals surface area contributed by atoms with Gasteiger partial charge in [0, 0.05) is 18.7 Å². The first-order valence-electron chi connectivity index (χ1n) is 8.58. The monoisotopic (exact) mass is 345 g/mol. The van der Waals surface area contributed by atoms with E-state index in [0.29, 0.717) is 26.2 Å². The Morgan fingerprint density at radius 2 is 2.00 bits per heavy atom. The van der Waals surface area contributed by atoms with E-state index >= 15 is 0 Å². The Hall–Kier alpha value is -2.34. The van der Waals surface area contributed by atoms with Gasteiger partial charge in [0.1, 0.15) is 11.5 Å². The molecule has 2 aromatic rings. The molecule has 0 aliphatic heterocycles. The second kappa shape index (κ2) is 9.22.